The first-order chi connectivity index (χ1) is 8.11. The monoisotopic (exact) mass is 240 g/mol. The SMILES string of the molecule is CC(=O)C(C)CCCCNC(=O)C1CCCN1. The Balaban J connectivity index is 2.00. The van der Waals surface area contributed by atoms with E-state index < -0.39 is 0 Å². The number of hydrogen-bond acceptors (Lipinski definition) is 3. The number of unbranched alkanes of at least 4 members (excludes halogenated alkanes) is 1. The predicted molar refractivity (Wildman–Crippen MR) is 67.7 cm³/mol. The van der Waals surface area contributed by atoms with Gasteiger partial charge < -0.3 is 10.6 Å². The summed E-state index contributed by atoms with van der Waals surface area (Å²) in [6, 6.07) is 0.0196. The van der Waals surface area contributed by atoms with Crippen LogP contribution >= 0.6 is 0 Å². The lowest BCUT2D eigenvalue weighted by atomic mass is 10.0. The van der Waals surface area contributed by atoms with Crippen molar-refractivity contribution in [2.24, 2.45) is 5.92 Å². The third kappa shape index (κ3) is 5.31. The molecule has 1 heterocycles. The van der Waals surface area contributed by atoms with E-state index in [1.807, 2.05) is 6.92 Å². The Morgan fingerprint density at radius 3 is 2.76 bits per heavy atom. The highest BCUT2D eigenvalue weighted by atomic mass is 16.2. The number of ketones is 1. The number of hydrogen-bond donors (Lipinski definition) is 2. The first-order valence-electron chi connectivity index (χ1n) is 6.63. The van der Waals surface area contributed by atoms with Crippen LogP contribution in [0.1, 0.15) is 46.0 Å². The molecule has 1 amide bonds. The first kappa shape index (κ1) is 14.2. The number of carbonyl (C=O) groups excluding carboxylic acids is 2. The van der Waals surface area contributed by atoms with Gasteiger partial charge in [-0.25, -0.2) is 0 Å². The van der Waals surface area contributed by atoms with Gasteiger partial charge >= 0.3 is 0 Å². The second-order valence-electron chi connectivity index (χ2n) is 4.95. The van der Waals surface area contributed by atoms with E-state index in [9.17, 15) is 9.59 Å². The molecule has 1 aliphatic heterocycles. The molecule has 1 aliphatic rings. The molecule has 1 saturated heterocycles. The fourth-order valence-electron chi connectivity index (χ4n) is 2.02. The molecule has 0 aromatic carbocycles. The van der Waals surface area contributed by atoms with Crippen LogP contribution in [-0.4, -0.2) is 30.8 Å². The van der Waals surface area contributed by atoms with Gasteiger partial charge in [0.05, 0.1) is 6.04 Å². The fraction of sp³-hybridized carbons (Fsp3) is 0.846. The Morgan fingerprint density at radius 1 is 1.41 bits per heavy atom. The average Bonchev–Trinajstić information content (AvgIpc) is 2.81. The Hall–Kier alpha value is -0.900. The molecule has 2 N–H and O–H groups in total. The van der Waals surface area contributed by atoms with Crippen LogP contribution in [0, 0.1) is 5.92 Å². The number of nitrogens with one attached hydrogen (secondary N) is 2. The molecule has 1 fully saturated rings. The van der Waals surface area contributed by atoms with E-state index >= 15 is 0 Å². The van der Waals surface area contributed by atoms with Gasteiger partial charge in [0.1, 0.15) is 5.78 Å². The predicted octanol–water partition coefficient (Wildman–Crippen LogP) is 1.25. The smallest absolute Gasteiger partial charge is 0.237 e. The molecule has 0 aliphatic carbocycles. The molecule has 0 aromatic rings. The van der Waals surface area contributed by atoms with Gasteiger partial charge in [-0.05, 0) is 39.2 Å². The minimum Gasteiger partial charge on any atom is -0.355 e. The van der Waals surface area contributed by atoms with E-state index in [2.05, 4.69) is 10.6 Å². The van der Waals surface area contributed by atoms with E-state index in [0.717, 1.165) is 45.2 Å². The number of amides is 1. The lowest BCUT2D eigenvalue weighted by Crippen LogP contribution is -2.40. The Bertz CT molecular complexity index is 260. The van der Waals surface area contributed by atoms with Crippen molar-refractivity contribution in [2.45, 2.75) is 52.0 Å². The fourth-order valence-corrected chi connectivity index (χ4v) is 2.02. The lowest BCUT2D eigenvalue weighted by Gasteiger charge is -2.11. The third-order valence-corrected chi connectivity index (χ3v) is 3.43. The second kappa shape index (κ2) is 7.43. The molecule has 98 valence electrons. The maximum absolute atomic E-state index is 11.6. The molecule has 17 heavy (non-hydrogen) atoms. The van der Waals surface area contributed by atoms with Crippen LogP contribution in [-0.2, 0) is 9.59 Å². The van der Waals surface area contributed by atoms with Crippen molar-refractivity contribution >= 4 is 11.7 Å². The van der Waals surface area contributed by atoms with Gasteiger partial charge in [-0.15, -0.1) is 0 Å². The summed E-state index contributed by atoms with van der Waals surface area (Å²) < 4.78 is 0. The maximum atomic E-state index is 11.6. The van der Waals surface area contributed by atoms with Crippen molar-refractivity contribution in [1.29, 1.82) is 0 Å². The summed E-state index contributed by atoms with van der Waals surface area (Å²) in [7, 11) is 0. The normalized spacial score (nSPS) is 21.2. The van der Waals surface area contributed by atoms with Gasteiger partial charge in [0.15, 0.2) is 0 Å². The molecule has 0 aromatic heterocycles. The van der Waals surface area contributed by atoms with Crippen molar-refractivity contribution < 1.29 is 9.59 Å². The molecular weight excluding hydrogens is 216 g/mol. The van der Waals surface area contributed by atoms with Gasteiger partial charge in [-0.2, -0.15) is 0 Å². The zero-order valence-corrected chi connectivity index (χ0v) is 10.9. The largest absolute Gasteiger partial charge is 0.355 e. The summed E-state index contributed by atoms with van der Waals surface area (Å²) in [5, 5.41) is 6.11. The van der Waals surface area contributed by atoms with Gasteiger partial charge in [-0.1, -0.05) is 13.3 Å². The van der Waals surface area contributed by atoms with Gasteiger partial charge in [0.25, 0.3) is 0 Å². The molecule has 0 radical (unpaired) electrons. The van der Waals surface area contributed by atoms with Gasteiger partial charge in [0.2, 0.25) is 5.91 Å². The second-order valence-corrected chi connectivity index (χ2v) is 4.95. The molecule has 1 rings (SSSR count). The summed E-state index contributed by atoms with van der Waals surface area (Å²) in [5.41, 5.74) is 0. The topological polar surface area (TPSA) is 58.2 Å². The van der Waals surface area contributed by atoms with Crippen molar-refractivity contribution in [3.63, 3.8) is 0 Å². The molecule has 2 unspecified atom stereocenters. The van der Waals surface area contributed by atoms with Crippen LogP contribution in [0.15, 0.2) is 0 Å². The summed E-state index contributed by atoms with van der Waals surface area (Å²) in [6.07, 6.45) is 4.92. The molecule has 2 atom stereocenters. The minimum absolute atomic E-state index is 0.0196. The highest BCUT2D eigenvalue weighted by Gasteiger charge is 2.21. The highest BCUT2D eigenvalue weighted by molar-refractivity contribution is 5.81. The van der Waals surface area contributed by atoms with Crippen LogP contribution in [0.25, 0.3) is 0 Å². The number of carbonyl (C=O) groups is 2. The average molecular weight is 240 g/mol. The van der Waals surface area contributed by atoms with Crippen LogP contribution in [0.4, 0.5) is 0 Å². The molecule has 4 nitrogen and oxygen atoms in total. The quantitative estimate of drug-likeness (QED) is 0.658. The summed E-state index contributed by atoms with van der Waals surface area (Å²) in [4.78, 5) is 22.6. The Labute approximate surface area is 104 Å². The van der Waals surface area contributed by atoms with Crippen molar-refractivity contribution in [1.82, 2.24) is 10.6 Å². The zero-order valence-electron chi connectivity index (χ0n) is 10.9. The number of rotatable bonds is 7. The van der Waals surface area contributed by atoms with Crippen LogP contribution in [0.2, 0.25) is 0 Å². The highest BCUT2D eigenvalue weighted by Crippen LogP contribution is 2.08. The van der Waals surface area contributed by atoms with Gasteiger partial charge in [-0.3, -0.25) is 9.59 Å². The van der Waals surface area contributed by atoms with E-state index in [-0.39, 0.29) is 23.7 Å². The van der Waals surface area contributed by atoms with Gasteiger partial charge in [0, 0.05) is 12.5 Å². The summed E-state index contributed by atoms with van der Waals surface area (Å²) in [5.74, 6) is 0.536. The molecular formula is C13H24N2O2. The lowest BCUT2D eigenvalue weighted by molar-refractivity contribution is -0.123. The standard InChI is InChI=1S/C13H24N2O2/c1-10(11(2)16)6-3-4-8-15-13(17)12-7-5-9-14-12/h10,12,14H,3-9H2,1-2H3,(H,15,17). The van der Waals surface area contributed by atoms with E-state index in [0.29, 0.717) is 0 Å². The zero-order chi connectivity index (χ0) is 12.7. The summed E-state index contributed by atoms with van der Waals surface area (Å²) in [6.45, 7) is 5.28. The minimum atomic E-state index is 0.0196. The third-order valence-electron chi connectivity index (χ3n) is 3.43. The van der Waals surface area contributed by atoms with E-state index in [1.165, 1.54) is 0 Å². The van der Waals surface area contributed by atoms with Crippen molar-refractivity contribution in [3.05, 3.63) is 0 Å². The Morgan fingerprint density at radius 2 is 2.18 bits per heavy atom. The maximum Gasteiger partial charge on any atom is 0.237 e. The van der Waals surface area contributed by atoms with Crippen molar-refractivity contribution in [2.75, 3.05) is 13.1 Å². The van der Waals surface area contributed by atoms with E-state index in [1.54, 1.807) is 6.92 Å². The van der Waals surface area contributed by atoms with Crippen LogP contribution < -0.4 is 10.6 Å². The molecule has 0 bridgehead atoms. The molecule has 4 heteroatoms. The van der Waals surface area contributed by atoms with Crippen LogP contribution in [0.3, 0.4) is 0 Å². The molecule has 0 spiro atoms. The number of Topliss-reactive ketones (excluding diaryl/α,β-unsaturated/α-hetero) is 1. The van der Waals surface area contributed by atoms with Crippen LogP contribution in [0.5, 0.6) is 0 Å². The molecule has 0 saturated carbocycles. The van der Waals surface area contributed by atoms with E-state index in [4.69, 9.17) is 0 Å². The summed E-state index contributed by atoms with van der Waals surface area (Å²) >= 11 is 0. The first-order valence-corrected chi connectivity index (χ1v) is 6.63. The van der Waals surface area contributed by atoms with Crippen molar-refractivity contribution in [3.8, 4) is 0 Å². The Kier molecular flexibility index (Phi) is 6.19.